The Bertz CT molecular complexity index is 511. The number of nitrogens with one attached hydrogen (secondary N) is 2. The van der Waals surface area contributed by atoms with Gasteiger partial charge in [0.1, 0.15) is 0 Å². The summed E-state index contributed by atoms with van der Waals surface area (Å²) in [6.45, 7) is 1.99. The number of benzene rings is 1. The van der Waals surface area contributed by atoms with E-state index in [2.05, 4.69) is 10.0 Å². The Morgan fingerprint density at radius 1 is 1.26 bits per heavy atom. The maximum absolute atomic E-state index is 11.7. The van der Waals surface area contributed by atoms with E-state index >= 15 is 0 Å². The molecule has 0 aliphatic carbocycles. The number of amides is 1. The molecule has 0 saturated carbocycles. The number of aliphatic hydroxyl groups is 1. The van der Waals surface area contributed by atoms with Crippen molar-refractivity contribution in [3.63, 3.8) is 0 Å². The van der Waals surface area contributed by atoms with Crippen LogP contribution in [0.2, 0.25) is 0 Å². The third kappa shape index (κ3) is 4.98. The number of carbonyl (C=O) groups excluding carboxylic acids is 1. The number of aliphatic hydroxyl groups excluding tert-OH is 1. The monoisotopic (exact) mass is 286 g/mol. The SMILES string of the molecule is CCNS(=O)(=O)c1ccc(NC(=O)CCCO)cc1. The second kappa shape index (κ2) is 7.22. The lowest BCUT2D eigenvalue weighted by Gasteiger charge is -2.07. The highest BCUT2D eigenvalue weighted by molar-refractivity contribution is 7.89. The van der Waals surface area contributed by atoms with E-state index in [-0.39, 0.29) is 23.8 Å². The molecule has 0 aliphatic heterocycles. The van der Waals surface area contributed by atoms with Gasteiger partial charge in [0, 0.05) is 25.3 Å². The van der Waals surface area contributed by atoms with Crippen LogP contribution in [0.4, 0.5) is 5.69 Å². The first-order valence-corrected chi connectivity index (χ1v) is 7.48. The lowest BCUT2D eigenvalue weighted by molar-refractivity contribution is -0.116. The predicted octanol–water partition coefficient (Wildman–Crippen LogP) is 0.696. The van der Waals surface area contributed by atoms with Crippen LogP contribution in [-0.4, -0.2) is 32.6 Å². The summed E-state index contributed by atoms with van der Waals surface area (Å²) in [5.41, 5.74) is 0.526. The average Bonchev–Trinajstić information content (AvgIpc) is 2.37. The minimum Gasteiger partial charge on any atom is -0.396 e. The van der Waals surface area contributed by atoms with Gasteiger partial charge in [-0.15, -0.1) is 0 Å². The van der Waals surface area contributed by atoms with Gasteiger partial charge in [0.15, 0.2) is 0 Å². The Morgan fingerprint density at radius 2 is 1.89 bits per heavy atom. The van der Waals surface area contributed by atoms with Crippen molar-refractivity contribution >= 4 is 21.6 Å². The van der Waals surface area contributed by atoms with Gasteiger partial charge in [0.05, 0.1) is 4.90 Å². The summed E-state index contributed by atoms with van der Waals surface area (Å²) in [4.78, 5) is 11.6. The third-order valence-corrected chi connectivity index (χ3v) is 3.91. The minimum absolute atomic E-state index is 0.0344. The summed E-state index contributed by atoms with van der Waals surface area (Å²) in [6, 6.07) is 5.92. The van der Waals surface area contributed by atoms with Crippen LogP contribution < -0.4 is 10.0 Å². The quantitative estimate of drug-likeness (QED) is 0.687. The van der Waals surface area contributed by atoms with Crippen molar-refractivity contribution in [2.24, 2.45) is 0 Å². The van der Waals surface area contributed by atoms with Gasteiger partial charge in [-0.2, -0.15) is 0 Å². The highest BCUT2D eigenvalue weighted by Gasteiger charge is 2.12. The van der Waals surface area contributed by atoms with Gasteiger partial charge in [-0.05, 0) is 30.7 Å². The van der Waals surface area contributed by atoms with E-state index in [0.29, 0.717) is 18.7 Å². The van der Waals surface area contributed by atoms with E-state index in [1.54, 1.807) is 6.92 Å². The molecular weight excluding hydrogens is 268 g/mol. The van der Waals surface area contributed by atoms with Gasteiger partial charge >= 0.3 is 0 Å². The molecule has 0 unspecified atom stereocenters. The highest BCUT2D eigenvalue weighted by atomic mass is 32.2. The summed E-state index contributed by atoms with van der Waals surface area (Å²) in [5, 5.41) is 11.2. The molecular formula is C12H18N2O4S. The first kappa shape index (κ1) is 15.6. The molecule has 0 spiro atoms. The Kier molecular flexibility index (Phi) is 5.94. The molecule has 0 heterocycles. The standard InChI is InChI=1S/C12H18N2O4S/c1-2-13-19(17,18)11-7-5-10(6-8-11)14-12(16)4-3-9-15/h5-8,13,15H,2-4,9H2,1H3,(H,14,16). The molecule has 106 valence electrons. The number of rotatable bonds is 7. The fourth-order valence-electron chi connectivity index (χ4n) is 1.45. The first-order chi connectivity index (χ1) is 8.99. The van der Waals surface area contributed by atoms with E-state index in [9.17, 15) is 13.2 Å². The van der Waals surface area contributed by atoms with E-state index in [0.717, 1.165) is 0 Å². The molecule has 0 saturated heterocycles. The largest absolute Gasteiger partial charge is 0.396 e. The normalized spacial score (nSPS) is 11.3. The van der Waals surface area contributed by atoms with Crippen molar-refractivity contribution in [2.45, 2.75) is 24.7 Å². The van der Waals surface area contributed by atoms with Gasteiger partial charge in [0.25, 0.3) is 0 Å². The topological polar surface area (TPSA) is 95.5 Å². The Labute approximate surface area is 112 Å². The molecule has 1 aromatic rings. The predicted molar refractivity (Wildman–Crippen MR) is 72.3 cm³/mol. The first-order valence-electron chi connectivity index (χ1n) is 6.00. The Balaban J connectivity index is 2.69. The van der Waals surface area contributed by atoms with E-state index < -0.39 is 10.0 Å². The zero-order chi connectivity index (χ0) is 14.3. The second-order valence-corrected chi connectivity index (χ2v) is 5.67. The van der Waals surface area contributed by atoms with E-state index in [4.69, 9.17) is 5.11 Å². The molecule has 0 aromatic heterocycles. The van der Waals surface area contributed by atoms with Crippen molar-refractivity contribution in [2.75, 3.05) is 18.5 Å². The van der Waals surface area contributed by atoms with E-state index in [1.165, 1.54) is 24.3 Å². The van der Waals surface area contributed by atoms with Crippen LogP contribution in [0.15, 0.2) is 29.2 Å². The van der Waals surface area contributed by atoms with Crippen molar-refractivity contribution in [3.8, 4) is 0 Å². The fraction of sp³-hybridized carbons (Fsp3) is 0.417. The van der Waals surface area contributed by atoms with Crippen LogP contribution in [0.3, 0.4) is 0 Å². The molecule has 1 aromatic carbocycles. The molecule has 7 heteroatoms. The van der Waals surface area contributed by atoms with E-state index in [1.807, 2.05) is 0 Å². The van der Waals surface area contributed by atoms with Crippen LogP contribution in [0, 0.1) is 0 Å². The van der Waals surface area contributed by atoms with Crippen LogP contribution in [0.25, 0.3) is 0 Å². The molecule has 1 amide bonds. The lowest BCUT2D eigenvalue weighted by Crippen LogP contribution is -2.23. The average molecular weight is 286 g/mol. The maximum atomic E-state index is 11.7. The smallest absolute Gasteiger partial charge is 0.240 e. The molecule has 0 bridgehead atoms. The molecule has 0 aliphatic rings. The van der Waals surface area contributed by atoms with Gasteiger partial charge in [0.2, 0.25) is 15.9 Å². The summed E-state index contributed by atoms with van der Waals surface area (Å²) in [7, 11) is -3.47. The molecule has 1 rings (SSSR count). The maximum Gasteiger partial charge on any atom is 0.240 e. The summed E-state index contributed by atoms with van der Waals surface area (Å²) >= 11 is 0. The highest BCUT2D eigenvalue weighted by Crippen LogP contribution is 2.14. The molecule has 6 nitrogen and oxygen atoms in total. The molecule has 19 heavy (non-hydrogen) atoms. The van der Waals surface area contributed by atoms with Gasteiger partial charge in [-0.3, -0.25) is 4.79 Å². The number of anilines is 1. The van der Waals surface area contributed by atoms with Crippen molar-refractivity contribution < 1.29 is 18.3 Å². The number of hydrogen-bond donors (Lipinski definition) is 3. The third-order valence-electron chi connectivity index (χ3n) is 2.34. The van der Waals surface area contributed by atoms with Gasteiger partial charge in [-0.1, -0.05) is 6.92 Å². The zero-order valence-electron chi connectivity index (χ0n) is 10.7. The number of sulfonamides is 1. The van der Waals surface area contributed by atoms with Gasteiger partial charge in [-0.25, -0.2) is 13.1 Å². The molecule has 0 atom stereocenters. The van der Waals surface area contributed by atoms with Gasteiger partial charge < -0.3 is 10.4 Å². The second-order valence-electron chi connectivity index (χ2n) is 3.90. The lowest BCUT2D eigenvalue weighted by atomic mass is 10.3. The van der Waals surface area contributed by atoms with Crippen LogP contribution >= 0.6 is 0 Å². The number of hydrogen-bond acceptors (Lipinski definition) is 4. The van der Waals surface area contributed by atoms with Crippen molar-refractivity contribution in [1.29, 1.82) is 0 Å². The molecule has 0 radical (unpaired) electrons. The van der Waals surface area contributed by atoms with Crippen LogP contribution in [0.5, 0.6) is 0 Å². The summed E-state index contributed by atoms with van der Waals surface area (Å²) in [6.07, 6.45) is 0.632. The Morgan fingerprint density at radius 3 is 2.42 bits per heavy atom. The summed E-state index contributed by atoms with van der Waals surface area (Å²) in [5.74, 6) is -0.212. The Hall–Kier alpha value is -1.44. The summed E-state index contributed by atoms with van der Waals surface area (Å²) < 4.78 is 25.7. The fourth-order valence-corrected chi connectivity index (χ4v) is 2.49. The molecule has 0 fully saturated rings. The molecule has 3 N–H and O–H groups in total. The van der Waals surface area contributed by atoms with Crippen LogP contribution in [-0.2, 0) is 14.8 Å². The van der Waals surface area contributed by atoms with Crippen molar-refractivity contribution in [3.05, 3.63) is 24.3 Å². The zero-order valence-corrected chi connectivity index (χ0v) is 11.5. The van der Waals surface area contributed by atoms with Crippen molar-refractivity contribution in [1.82, 2.24) is 4.72 Å². The number of carbonyl (C=O) groups is 1. The minimum atomic E-state index is -3.47. The van der Waals surface area contributed by atoms with Crippen LogP contribution in [0.1, 0.15) is 19.8 Å².